The Kier molecular flexibility index (Phi) is 6.54. The second kappa shape index (κ2) is 9.28. The van der Waals surface area contributed by atoms with Crippen molar-refractivity contribution < 1.29 is 14.3 Å². The Balaban J connectivity index is 1.49. The van der Waals surface area contributed by atoms with Crippen LogP contribution in [0.25, 0.3) is 0 Å². The number of para-hydroxylation sites is 1. The molecule has 1 saturated heterocycles. The predicted molar refractivity (Wildman–Crippen MR) is 106 cm³/mol. The van der Waals surface area contributed by atoms with Crippen LogP contribution in [0.3, 0.4) is 0 Å². The van der Waals surface area contributed by atoms with Crippen LogP contribution in [-0.4, -0.2) is 62.7 Å². The van der Waals surface area contributed by atoms with Crippen LogP contribution in [0, 0.1) is 0 Å². The first-order valence-electron chi connectivity index (χ1n) is 9.19. The molecule has 1 fully saturated rings. The highest BCUT2D eigenvalue weighted by molar-refractivity contribution is 5.81. The quantitative estimate of drug-likeness (QED) is 0.813. The van der Waals surface area contributed by atoms with Crippen molar-refractivity contribution in [3.8, 4) is 11.5 Å². The molecule has 0 spiro atoms. The molecule has 0 bridgehead atoms. The van der Waals surface area contributed by atoms with Crippen molar-refractivity contribution in [2.75, 3.05) is 52.3 Å². The van der Waals surface area contributed by atoms with E-state index < -0.39 is 0 Å². The minimum Gasteiger partial charge on any atom is -0.497 e. The molecule has 2 aromatic carbocycles. The maximum absolute atomic E-state index is 12.4. The van der Waals surface area contributed by atoms with Crippen molar-refractivity contribution in [2.45, 2.75) is 6.54 Å². The lowest BCUT2D eigenvalue weighted by Gasteiger charge is -2.35. The highest BCUT2D eigenvalue weighted by atomic mass is 16.5. The van der Waals surface area contributed by atoms with Crippen molar-refractivity contribution >= 4 is 11.6 Å². The summed E-state index contributed by atoms with van der Waals surface area (Å²) in [6.45, 7) is 4.27. The molecule has 0 atom stereocenters. The molecule has 1 N–H and O–H groups in total. The van der Waals surface area contributed by atoms with Gasteiger partial charge in [0.25, 0.3) is 0 Å². The van der Waals surface area contributed by atoms with Gasteiger partial charge in [-0.3, -0.25) is 9.69 Å². The zero-order valence-electron chi connectivity index (χ0n) is 16.0. The number of carbonyl (C=O) groups is 1. The molecule has 27 heavy (non-hydrogen) atoms. The van der Waals surface area contributed by atoms with Crippen LogP contribution in [-0.2, 0) is 11.3 Å². The summed E-state index contributed by atoms with van der Waals surface area (Å²) < 4.78 is 10.8. The zero-order chi connectivity index (χ0) is 19.1. The van der Waals surface area contributed by atoms with Gasteiger partial charge < -0.3 is 19.7 Å². The third-order valence-electron chi connectivity index (χ3n) is 4.82. The highest BCUT2D eigenvalue weighted by Gasteiger charge is 2.21. The number of methoxy groups -OCH3 is 2. The Bertz CT molecular complexity index is 744. The summed E-state index contributed by atoms with van der Waals surface area (Å²) in [6.07, 6.45) is 0. The van der Waals surface area contributed by atoms with E-state index in [2.05, 4.69) is 10.2 Å². The molecule has 0 radical (unpaired) electrons. The lowest BCUT2D eigenvalue weighted by Crippen LogP contribution is -2.49. The molecule has 2 aromatic rings. The normalized spacial score (nSPS) is 14.7. The summed E-state index contributed by atoms with van der Waals surface area (Å²) in [6, 6.07) is 15.7. The number of anilines is 1. The van der Waals surface area contributed by atoms with Gasteiger partial charge in [-0.25, -0.2) is 0 Å². The van der Waals surface area contributed by atoms with Crippen molar-refractivity contribution in [2.24, 2.45) is 0 Å². The van der Waals surface area contributed by atoms with E-state index in [9.17, 15) is 4.79 Å². The molecule has 0 saturated carbocycles. The van der Waals surface area contributed by atoms with E-state index in [1.54, 1.807) is 14.2 Å². The van der Waals surface area contributed by atoms with E-state index in [1.807, 2.05) is 53.4 Å². The van der Waals surface area contributed by atoms with Gasteiger partial charge in [-0.2, -0.15) is 0 Å². The largest absolute Gasteiger partial charge is 0.497 e. The third kappa shape index (κ3) is 5.14. The van der Waals surface area contributed by atoms with Gasteiger partial charge in [-0.1, -0.05) is 18.2 Å². The fourth-order valence-corrected chi connectivity index (χ4v) is 3.25. The van der Waals surface area contributed by atoms with Gasteiger partial charge in [0.1, 0.15) is 11.5 Å². The highest BCUT2D eigenvalue weighted by Crippen LogP contribution is 2.25. The van der Waals surface area contributed by atoms with Crippen molar-refractivity contribution in [1.29, 1.82) is 0 Å². The Labute approximate surface area is 160 Å². The lowest BCUT2D eigenvalue weighted by molar-refractivity contribution is -0.131. The first-order chi connectivity index (χ1) is 13.2. The van der Waals surface area contributed by atoms with E-state index in [-0.39, 0.29) is 5.91 Å². The average molecular weight is 369 g/mol. The molecule has 1 aliphatic rings. The van der Waals surface area contributed by atoms with E-state index >= 15 is 0 Å². The standard InChI is InChI=1S/C21H27N3O3/c1-26-19-8-9-20(27-2)17(14-19)16-23-10-12-24(13-11-23)21(25)15-22-18-6-4-3-5-7-18/h3-9,14,22H,10-13,15-16H2,1-2H3. The molecular formula is C21H27N3O3. The number of benzene rings is 2. The van der Waals surface area contributed by atoms with Crippen LogP contribution in [0.4, 0.5) is 5.69 Å². The molecule has 0 unspecified atom stereocenters. The fraction of sp³-hybridized carbons (Fsp3) is 0.381. The first-order valence-corrected chi connectivity index (χ1v) is 9.19. The average Bonchev–Trinajstić information content (AvgIpc) is 2.73. The summed E-state index contributed by atoms with van der Waals surface area (Å²) in [4.78, 5) is 16.7. The molecule has 6 nitrogen and oxygen atoms in total. The number of carbonyl (C=O) groups excluding carboxylic acids is 1. The molecule has 1 aliphatic heterocycles. The molecule has 0 aromatic heterocycles. The minimum atomic E-state index is 0.137. The maximum Gasteiger partial charge on any atom is 0.241 e. The second-order valence-electron chi connectivity index (χ2n) is 6.55. The number of nitrogens with zero attached hydrogens (tertiary/aromatic N) is 2. The smallest absolute Gasteiger partial charge is 0.241 e. The molecule has 1 amide bonds. The van der Waals surface area contributed by atoms with Gasteiger partial charge in [0.2, 0.25) is 5.91 Å². The van der Waals surface area contributed by atoms with Gasteiger partial charge in [0, 0.05) is 44.0 Å². The zero-order valence-corrected chi connectivity index (χ0v) is 16.0. The third-order valence-corrected chi connectivity index (χ3v) is 4.82. The fourth-order valence-electron chi connectivity index (χ4n) is 3.25. The predicted octanol–water partition coefficient (Wildman–Crippen LogP) is 2.46. The molecule has 0 aliphatic carbocycles. The van der Waals surface area contributed by atoms with Crippen molar-refractivity contribution in [1.82, 2.24) is 9.80 Å². The lowest BCUT2D eigenvalue weighted by atomic mass is 10.1. The van der Waals surface area contributed by atoms with Crippen LogP contribution >= 0.6 is 0 Å². The summed E-state index contributed by atoms with van der Waals surface area (Å²) in [7, 11) is 3.35. The van der Waals surface area contributed by atoms with Crippen molar-refractivity contribution in [3.63, 3.8) is 0 Å². The van der Waals surface area contributed by atoms with Gasteiger partial charge in [0.05, 0.1) is 20.8 Å². The molecule has 6 heteroatoms. The summed E-state index contributed by atoms with van der Waals surface area (Å²) in [5.41, 5.74) is 2.07. The Morgan fingerprint density at radius 3 is 2.41 bits per heavy atom. The second-order valence-corrected chi connectivity index (χ2v) is 6.55. The summed E-state index contributed by atoms with van der Waals surface area (Å²) in [5.74, 6) is 1.82. The number of ether oxygens (including phenoxy) is 2. The summed E-state index contributed by atoms with van der Waals surface area (Å²) >= 11 is 0. The molecule has 1 heterocycles. The number of hydrogen-bond donors (Lipinski definition) is 1. The molecule has 144 valence electrons. The SMILES string of the molecule is COc1ccc(OC)c(CN2CCN(C(=O)CNc3ccccc3)CC2)c1. The monoisotopic (exact) mass is 369 g/mol. The number of rotatable bonds is 7. The van der Waals surface area contributed by atoms with E-state index in [0.717, 1.165) is 55.5 Å². The Morgan fingerprint density at radius 1 is 1.00 bits per heavy atom. The first kappa shape index (κ1) is 19.0. The maximum atomic E-state index is 12.4. The number of hydrogen-bond acceptors (Lipinski definition) is 5. The van der Waals surface area contributed by atoms with Crippen LogP contribution in [0.5, 0.6) is 11.5 Å². The minimum absolute atomic E-state index is 0.137. The number of piperazine rings is 1. The number of nitrogens with one attached hydrogen (secondary N) is 1. The molecular weight excluding hydrogens is 342 g/mol. The van der Waals surface area contributed by atoms with E-state index in [4.69, 9.17) is 9.47 Å². The van der Waals surface area contributed by atoms with Crippen molar-refractivity contribution in [3.05, 3.63) is 54.1 Å². The van der Waals surface area contributed by atoms with Gasteiger partial charge >= 0.3 is 0 Å². The van der Waals surface area contributed by atoms with Gasteiger partial charge in [0.15, 0.2) is 0 Å². The van der Waals surface area contributed by atoms with Crippen LogP contribution in [0.1, 0.15) is 5.56 Å². The van der Waals surface area contributed by atoms with Gasteiger partial charge in [-0.05, 0) is 30.3 Å². The van der Waals surface area contributed by atoms with E-state index in [0.29, 0.717) is 6.54 Å². The molecule has 3 rings (SSSR count). The number of amides is 1. The summed E-state index contributed by atoms with van der Waals surface area (Å²) in [5, 5.41) is 3.19. The van der Waals surface area contributed by atoms with E-state index in [1.165, 1.54) is 0 Å². The van der Waals surface area contributed by atoms with Crippen LogP contribution in [0.2, 0.25) is 0 Å². The van der Waals surface area contributed by atoms with Gasteiger partial charge in [-0.15, -0.1) is 0 Å². The topological polar surface area (TPSA) is 54.0 Å². The Morgan fingerprint density at radius 2 is 1.74 bits per heavy atom. The van der Waals surface area contributed by atoms with Crippen LogP contribution in [0.15, 0.2) is 48.5 Å². The van der Waals surface area contributed by atoms with Crippen LogP contribution < -0.4 is 14.8 Å². The Hall–Kier alpha value is -2.73.